The SMILES string of the molecule is CCCCCCCCN(CCCCCCCC)CCO[C@H](COP(=O)(O)O[C@H]1O[C@H](C(N)=O)[C@@](C)(O)[C@H](OC(N)=O)[C@H]1O[C@@H]1O[C@H](CO[C@@H]2O[C@H](CO)[C@@H](O)[C@H](O)[C@H]2O)[C@@H](O[C@@H]2O[C@H](C)[C@@H](O[C@@H]3O[C@H](C(N)=O)[C@H](O)[C@H](O)[C@H]3O)[C@H](O)[C@H]2NC(C)=O)[C@H](O)[C@H]1NC(C)=O)C(=O)O. The summed E-state index contributed by atoms with van der Waals surface area (Å²) in [5, 5.41) is 125. The second kappa shape index (κ2) is 38.6. The molecular weight excluding hydrogens is 1310 g/mol. The largest absolute Gasteiger partial charge is 0.479 e. The number of nitrogens with two attached hydrogens (primary N) is 3. The molecule has 0 spiro atoms. The number of carboxylic acid groups (broad SMARTS) is 1. The van der Waals surface area contributed by atoms with E-state index < -0.39 is 222 Å². The predicted molar refractivity (Wildman–Crippen MR) is 321 cm³/mol. The van der Waals surface area contributed by atoms with E-state index in [1.54, 1.807) is 0 Å². The Bertz CT molecular complexity index is 2490. The summed E-state index contributed by atoms with van der Waals surface area (Å²) in [7, 11) is -5.80. The van der Waals surface area contributed by atoms with Crippen molar-refractivity contribution in [2.24, 2.45) is 17.2 Å². The molecule has 0 aliphatic carbocycles. The number of nitrogens with one attached hydrogen (secondary N) is 2. The summed E-state index contributed by atoms with van der Waals surface area (Å²) < 4.78 is 88.7. The number of carboxylic acids is 1. The molecular formula is C57H101N6O32P. The van der Waals surface area contributed by atoms with Crippen molar-refractivity contribution in [1.29, 1.82) is 0 Å². The van der Waals surface area contributed by atoms with Crippen molar-refractivity contribution in [3.8, 4) is 0 Å². The van der Waals surface area contributed by atoms with Gasteiger partial charge in [-0.2, -0.15) is 0 Å². The van der Waals surface area contributed by atoms with Crippen molar-refractivity contribution < 1.29 is 156 Å². The summed E-state index contributed by atoms with van der Waals surface area (Å²) >= 11 is 0. The topological polar surface area (TPSA) is 588 Å². The van der Waals surface area contributed by atoms with Gasteiger partial charge in [0.25, 0.3) is 0 Å². The first-order valence-corrected chi connectivity index (χ1v) is 33.6. The smallest absolute Gasteiger partial charge is 0.474 e. The minimum Gasteiger partial charge on any atom is -0.479 e. The lowest BCUT2D eigenvalue weighted by atomic mass is 9.85. The molecule has 38 nitrogen and oxygen atoms in total. The normalized spacial score (nSPS) is 37.5. The number of phosphoric ester groups is 1. The van der Waals surface area contributed by atoms with Crippen LogP contribution in [0.5, 0.6) is 0 Å². The van der Waals surface area contributed by atoms with Gasteiger partial charge in [0.1, 0.15) is 90.9 Å². The van der Waals surface area contributed by atoms with Crippen molar-refractivity contribution in [3.63, 3.8) is 0 Å². The van der Waals surface area contributed by atoms with Crippen LogP contribution in [0.25, 0.3) is 0 Å². The molecule has 5 rings (SSSR count). The van der Waals surface area contributed by atoms with Crippen LogP contribution in [-0.4, -0.2) is 307 Å². The molecule has 0 aromatic carbocycles. The molecule has 5 saturated heterocycles. The van der Waals surface area contributed by atoms with Gasteiger partial charge in [-0.05, 0) is 39.8 Å². The molecule has 1 unspecified atom stereocenters. The number of ether oxygens (including phenoxy) is 11. The molecule has 27 atom stereocenters. The molecule has 96 heavy (non-hydrogen) atoms. The first kappa shape index (κ1) is 82.6. The monoisotopic (exact) mass is 1410 g/mol. The Hall–Kier alpha value is -4.11. The molecule has 5 amide bonds. The average molecular weight is 1410 g/mol. The number of hydrogen-bond acceptors (Lipinski definition) is 31. The maximum absolute atomic E-state index is 14.1. The Morgan fingerprint density at radius 1 is 0.604 bits per heavy atom. The summed E-state index contributed by atoms with van der Waals surface area (Å²) in [5.74, 6) is -6.32. The molecule has 5 heterocycles. The molecule has 5 fully saturated rings. The van der Waals surface area contributed by atoms with Gasteiger partial charge in [0, 0.05) is 20.4 Å². The Kier molecular flexibility index (Phi) is 33.2. The number of aliphatic hydroxyl groups is 10. The molecule has 20 N–H and O–H groups in total. The van der Waals surface area contributed by atoms with E-state index in [0.717, 1.165) is 97.8 Å². The molecule has 5 aliphatic heterocycles. The van der Waals surface area contributed by atoms with Gasteiger partial charge >= 0.3 is 19.9 Å². The van der Waals surface area contributed by atoms with Gasteiger partial charge in [0.05, 0.1) is 32.5 Å². The minimum atomic E-state index is -5.80. The van der Waals surface area contributed by atoms with Crippen LogP contribution in [0, 0.1) is 0 Å². The number of unbranched alkanes of at least 4 members (excludes halogenated alkanes) is 10. The first-order chi connectivity index (χ1) is 45.2. The number of nitrogens with zero attached hydrogens (tertiary/aromatic N) is 1. The number of aliphatic carboxylic acids is 1. The van der Waals surface area contributed by atoms with Gasteiger partial charge < -0.3 is 146 Å². The zero-order valence-corrected chi connectivity index (χ0v) is 55.4. The van der Waals surface area contributed by atoms with E-state index in [-0.39, 0.29) is 13.2 Å². The molecule has 0 saturated carbocycles. The zero-order valence-electron chi connectivity index (χ0n) is 54.5. The molecule has 39 heteroatoms. The van der Waals surface area contributed by atoms with Crippen LogP contribution in [0.15, 0.2) is 0 Å². The highest BCUT2D eigenvalue weighted by molar-refractivity contribution is 7.47. The number of carbonyl (C=O) groups excluding carboxylic acids is 5. The highest BCUT2D eigenvalue weighted by atomic mass is 31.2. The van der Waals surface area contributed by atoms with Crippen LogP contribution in [0.3, 0.4) is 0 Å². The lowest BCUT2D eigenvalue weighted by Crippen LogP contribution is -2.72. The first-order valence-electron chi connectivity index (χ1n) is 32.1. The van der Waals surface area contributed by atoms with E-state index in [0.29, 0.717) is 13.1 Å². The van der Waals surface area contributed by atoms with Crippen molar-refractivity contribution in [2.75, 3.05) is 46.1 Å². The molecule has 0 radical (unpaired) electrons. The van der Waals surface area contributed by atoms with Crippen molar-refractivity contribution in [3.05, 3.63) is 0 Å². The summed E-state index contributed by atoms with van der Waals surface area (Å²) in [6.45, 7) is 6.58. The van der Waals surface area contributed by atoms with Crippen LogP contribution in [0.2, 0.25) is 0 Å². The number of carbonyl (C=O) groups is 6. The fraction of sp³-hybridized carbons (Fsp3) is 0.895. The van der Waals surface area contributed by atoms with Crippen molar-refractivity contribution in [2.45, 2.75) is 278 Å². The van der Waals surface area contributed by atoms with Crippen molar-refractivity contribution >= 4 is 43.5 Å². The van der Waals surface area contributed by atoms with Crippen LogP contribution in [0.1, 0.15) is 119 Å². The number of amides is 5. The van der Waals surface area contributed by atoms with Crippen molar-refractivity contribution in [1.82, 2.24) is 15.5 Å². The van der Waals surface area contributed by atoms with Gasteiger partial charge in [0.15, 0.2) is 62.0 Å². The molecule has 0 aromatic rings. The number of hydrogen-bond donors (Lipinski definition) is 17. The second-order valence-corrected chi connectivity index (χ2v) is 26.0. The van der Waals surface area contributed by atoms with E-state index in [9.17, 15) is 94.4 Å². The fourth-order valence-corrected chi connectivity index (χ4v) is 12.6. The third-order valence-electron chi connectivity index (χ3n) is 16.9. The minimum absolute atomic E-state index is 0.169. The van der Waals surface area contributed by atoms with Gasteiger partial charge in [-0.25, -0.2) is 14.2 Å². The predicted octanol–water partition coefficient (Wildman–Crippen LogP) is -5.50. The van der Waals surface area contributed by atoms with Crippen LogP contribution < -0.4 is 27.8 Å². The number of rotatable bonds is 39. The molecule has 0 aromatic heterocycles. The quantitative estimate of drug-likeness (QED) is 0.0202. The van der Waals surface area contributed by atoms with E-state index in [2.05, 4.69) is 29.4 Å². The third-order valence-corrected chi connectivity index (χ3v) is 17.9. The van der Waals surface area contributed by atoms with E-state index in [1.807, 2.05) is 0 Å². The fourth-order valence-electron chi connectivity index (χ4n) is 11.8. The van der Waals surface area contributed by atoms with Crippen LogP contribution in [-0.2, 0) is 89.7 Å². The average Bonchev–Trinajstić information content (AvgIpc) is 0.752. The number of aliphatic hydroxyl groups excluding tert-OH is 9. The maximum atomic E-state index is 14.1. The Morgan fingerprint density at radius 3 is 1.65 bits per heavy atom. The lowest BCUT2D eigenvalue weighted by molar-refractivity contribution is -0.375. The molecule has 556 valence electrons. The third kappa shape index (κ3) is 23.0. The number of phosphoric acid groups is 1. The highest BCUT2D eigenvalue weighted by Gasteiger charge is 2.62. The molecule has 0 bridgehead atoms. The van der Waals surface area contributed by atoms with Crippen LogP contribution in [0.4, 0.5) is 4.79 Å². The highest BCUT2D eigenvalue weighted by Crippen LogP contribution is 2.49. The van der Waals surface area contributed by atoms with E-state index in [4.69, 9.17) is 78.4 Å². The van der Waals surface area contributed by atoms with E-state index >= 15 is 0 Å². The lowest BCUT2D eigenvalue weighted by Gasteiger charge is -2.52. The summed E-state index contributed by atoms with van der Waals surface area (Å²) in [6.07, 6.45) is -36.8. The molecule has 5 aliphatic rings. The maximum Gasteiger partial charge on any atom is 0.474 e. The van der Waals surface area contributed by atoms with Gasteiger partial charge in [-0.3, -0.25) is 28.2 Å². The summed E-state index contributed by atoms with van der Waals surface area (Å²) in [5.41, 5.74) is 13.5. The Balaban J connectivity index is 1.49. The Morgan fingerprint density at radius 2 is 1.11 bits per heavy atom. The van der Waals surface area contributed by atoms with Gasteiger partial charge in [-0.1, -0.05) is 78.1 Å². The van der Waals surface area contributed by atoms with E-state index in [1.165, 1.54) is 6.92 Å². The zero-order chi connectivity index (χ0) is 71.5. The van der Waals surface area contributed by atoms with Crippen LogP contribution >= 0.6 is 7.82 Å². The second-order valence-electron chi connectivity index (χ2n) is 24.6. The summed E-state index contributed by atoms with van der Waals surface area (Å²) in [4.78, 5) is 90.0. The van der Waals surface area contributed by atoms with Gasteiger partial charge in [-0.15, -0.1) is 0 Å². The number of primary amides is 3. The standard InChI is InChI=1S/C57H101N6O32P/c1-7-9-11-13-15-17-19-63(20-18-16-14-12-10-8-2)21-22-83-31(50(77)78)25-85-96(81,82)95-55-45(46(94-56(60)79)57(6,80)47(93-55)49(59)76)92-52-33(62-28(5)66)36(69)43(30(88-52)24-84-53-40(73)37(70)34(67)29(23-64)87-53)90-51-32(61-27(4)65)35(68)42(26(3)86-51)89-54-41(74)38(71)39(72)44(91-54)48(58)75/h26,29-47,51-55,64,67-74,80H,7-25H2,1-6H3,(H2,58,75)(H2,59,76)(H2,60,79)(H,61,65)(H,62,66)(H,77,78)(H,81,82)/t26-,29-,30-,31-,32-,33-,34-,35-,36-,37+,38+,39-,40-,41-,42-,43-,44+,45-,46-,47-,51+,52+,53-,54-,55-,57+/m1/s1. The summed E-state index contributed by atoms with van der Waals surface area (Å²) in [6, 6.07) is -3.88. The Labute approximate surface area is 554 Å². The van der Waals surface area contributed by atoms with Gasteiger partial charge in [0.2, 0.25) is 23.6 Å².